The minimum absolute atomic E-state index is 0.0766. The van der Waals surface area contributed by atoms with Gasteiger partial charge in [0.15, 0.2) is 0 Å². The topological polar surface area (TPSA) is 6.48 Å². The molecule has 54 heavy (non-hydrogen) atoms. The minimum atomic E-state index is 0.0766. The zero-order chi connectivity index (χ0) is 38.3. The maximum absolute atomic E-state index is 2.66. The smallest absolute Gasteiger partial charge is 0.264 e. The lowest BCUT2D eigenvalue weighted by Gasteiger charge is -2.47. The van der Waals surface area contributed by atoms with Gasteiger partial charge in [0, 0.05) is 43.3 Å². The summed E-state index contributed by atoms with van der Waals surface area (Å²) in [4.78, 5) is 5.25. The molecule has 0 radical (unpaired) electrons. The monoisotopic (exact) mass is 726 g/mol. The van der Waals surface area contributed by atoms with E-state index in [4.69, 9.17) is 0 Å². The van der Waals surface area contributed by atoms with Gasteiger partial charge in [-0.2, -0.15) is 0 Å². The van der Waals surface area contributed by atoms with E-state index in [0.717, 1.165) is 0 Å². The van der Waals surface area contributed by atoms with Crippen LogP contribution in [0.2, 0.25) is 0 Å². The van der Waals surface area contributed by atoms with Crippen LogP contribution >= 0.6 is 11.3 Å². The molecule has 0 amide bonds. The van der Waals surface area contributed by atoms with Gasteiger partial charge in [-0.05, 0) is 135 Å². The summed E-state index contributed by atoms with van der Waals surface area (Å²) in [7, 11) is 0. The number of benzene rings is 5. The number of hydrogen-bond donors (Lipinski definition) is 0. The molecule has 0 bridgehead atoms. The third-order valence-corrected chi connectivity index (χ3v) is 14.2. The number of thiophene rings is 1. The van der Waals surface area contributed by atoms with Crippen molar-refractivity contribution in [2.45, 2.75) is 118 Å². The van der Waals surface area contributed by atoms with Crippen molar-refractivity contribution in [3.63, 3.8) is 0 Å². The maximum atomic E-state index is 2.66. The van der Waals surface area contributed by atoms with E-state index in [9.17, 15) is 0 Å². The van der Waals surface area contributed by atoms with Gasteiger partial charge in [-0.3, -0.25) is 0 Å². The summed E-state index contributed by atoms with van der Waals surface area (Å²) in [6.45, 7) is 28.5. The van der Waals surface area contributed by atoms with Crippen LogP contribution in [0.15, 0.2) is 91.0 Å². The lowest BCUT2D eigenvalue weighted by Crippen LogP contribution is -2.61. The molecule has 4 heteroatoms. The number of aryl methyl sites for hydroxylation is 2. The number of nitrogens with zero attached hydrogens (tertiary/aromatic N) is 2. The molecular weight excluding hydrogens is 671 g/mol. The van der Waals surface area contributed by atoms with Gasteiger partial charge in [0.05, 0.1) is 5.69 Å². The Morgan fingerprint density at radius 3 is 1.83 bits per heavy atom. The number of anilines is 6. The Kier molecular flexibility index (Phi) is 7.62. The van der Waals surface area contributed by atoms with E-state index in [0.29, 0.717) is 0 Å². The third kappa shape index (κ3) is 5.26. The van der Waals surface area contributed by atoms with E-state index in [2.05, 4.69) is 184 Å². The third-order valence-electron chi connectivity index (χ3n) is 13.0. The van der Waals surface area contributed by atoms with Gasteiger partial charge in [0.1, 0.15) is 0 Å². The molecular formula is C50H55BN2S. The molecule has 1 aliphatic carbocycles. The van der Waals surface area contributed by atoms with Crippen LogP contribution in [0.3, 0.4) is 0 Å². The second-order valence-electron chi connectivity index (χ2n) is 19.9. The van der Waals surface area contributed by atoms with Gasteiger partial charge >= 0.3 is 0 Å². The van der Waals surface area contributed by atoms with Crippen LogP contribution in [0.5, 0.6) is 0 Å². The Balaban J connectivity index is 1.40. The normalized spacial score (nSPS) is 16.9. The van der Waals surface area contributed by atoms with Crippen LogP contribution in [0.1, 0.15) is 115 Å². The van der Waals surface area contributed by atoms with E-state index < -0.39 is 0 Å². The molecule has 274 valence electrons. The second kappa shape index (κ2) is 11.6. The predicted octanol–water partition coefficient (Wildman–Crippen LogP) is 12.5. The van der Waals surface area contributed by atoms with E-state index in [1.165, 1.54) is 106 Å². The zero-order valence-corrected chi connectivity index (χ0v) is 35.3. The molecule has 1 aromatic heterocycles. The Bertz CT molecular complexity index is 2500. The number of hydrogen-bond acceptors (Lipinski definition) is 3. The summed E-state index contributed by atoms with van der Waals surface area (Å²) < 4.78 is 2.80. The van der Waals surface area contributed by atoms with E-state index in [-0.39, 0.29) is 28.4 Å². The van der Waals surface area contributed by atoms with Gasteiger partial charge in [0.25, 0.3) is 6.71 Å². The van der Waals surface area contributed by atoms with Crippen molar-refractivity contribution in [2.24, 2.45) is 0 Å². The SMILES string of the molecule is Cc1cc2c3c(c1)N(c1ccc(C(C)(C)C)cc1C)c1c(sc4ccccc14)B3c1cc3c(cc1N2c1ccc(C(C)(C)C)cc1)C(C)(C)CCC3(C)C. The highest BCUT2D eigenvalue weighted by atomic mass is 32.1. The summed E-state index contributed by atoms with van der Waals surface area (Å²) in [5.41, 5.74) is 19.3. The molecule has 0 fully saturated rings. The molecule has 2 nitrogen and oxygen atoms in total. The molecule has 0 unspecified atom stereocenters. The zero-order valence-electron chi connectivity index (χ0n) is 34.5. The molecule has 9 rings (SSSR count). The van der Waals surface area contributed by atoms with Crippen molar-refractivity contribution in [3.8, 4) is 0 Å². The molecule has 0 atom stereocenters. The molecule has 0 saturated carbocycles. The van der Waals surface area contributed by atoms with Gasteiger partial charge in [-0.25, -0.2) is 0 Å². The highest BCUT2D eigenvalue weighted by Crippen LogP contribution is 2.52. The summed E-state index contributed by atoms with van der Waals surface area (Å²) >= 11 is 2.00. The maximum Gasteiger partial charge on any atom is 0.264 e. The van der Waals surface area contributed by atoms with Gasteiger partial charge < -0.3 is 9.80 Å². The first-order valence-electron chi connectivity index (χ1n) is 20.0. The Labute approximate surface area is 328 Å². The van der Waals surface area contributed by atoms with Crippen molar-refractivity contribution in [2.75, 3.05) is 9.80 Å². The Morgan fingerprint density at radius 1 is 0.611 bits per heavy atom. The summed E-state index contributed by atoms with van der Waals surface area (Å²) in [5, 5.41) is 1.34. The molecule has 2 aliphatic heterocycles. The quantitative estimate of drug-likeness (QED) is 0.164. The minimum Gasteiger partial charge on any atom is -0.311 e. The molecule has 0 saturated heterocycles. The fraction of sp³-hybridized carbons (Fsp3) is 0.360. The van der Waals surface area contributed by atoms with Crippen molar-refractivity contribution < 1.29 is 0 Å². The first-order valence-corrected chi connectivity index (χ1v) is 20.8. The highest BCUT2D eigenvalue weighted by Gasteiger charge is 2.48. The number of rotatable bonds is 2. The largest absolute Gasteiger partial charge is 0.311 e. The summed E-state index contributed by atoms with van der Waals surface area (Å²) in [5.74, 6) is 0. The molecule has 0 N–H and O–H groups in total. The highest BCUT2D eigenvalue weighted by molar-refractivity contribution is 7.33. The van der Waals surface area contributed by atoms with Crippen molar-refractivity contribution in [3.05, 3.63) is 124 Å². The lowest BCUT2D eigenvalue weighted by molar-refractivity contribution is 0.332. The van der Waals surface area contributed by atoms with E-state index >= 15 is 0 Å². The van der Waals surface area contributed by atoms with Crippen molar-refractivity contribution >= 4 is 78.0 Å². The lowest BCUT2D eigenvalue weighted by atomic mass is 9.35. The second-order valence-corrected chi connectivity index (χ2v) is 21.0. The first kappa shape index (κ1) is 35.4. The average molecular weight is 727 g/mol. The fourth-order valence-electron chi connectivity index (χ4n) is 9.64. The van der Waals surface area contributed by atoms with Gasteiger partial charge in [0.2, 0.25) is 0 Å². The van der Waals surface area contributed by atoms with Crippen LogP contribution in [0.4, 0.5) is 34.1 Å². The molecule has 3 heterocycles. The molecule has 5 aromatic carbocycles. The van der Waals surface area contributed by atoms with E-state index in [1.807, 2.05) is 11.3 Å². The predicted molar refractivity (Wildman–Crippen MR) is 238 cm³/mol. The van der Waals surface area contributed by atoms with Crippen LogP contribution in [0.25, 0.3) is 10.1 Å². The Morgan fingerprint density at radius 2 is 1.20 bits per heavy atom. The van der Waals surface area contributed by atoms with Crippen LogP contribution in [0, 0.1) is 13.8 Å². The van der Waals surface area contributed by atoms with Gasteiger partial charge in [-0.15, -0.1) is 11.3 Å². The number of fused-ring (bicyclic) bond motifs is 7. The Hall–Kier alpha value is -4.28. The van der Waals surface area contributed by atoms with Gasteiger partial charge in [-0.1, -0.05) is 118 Å². The van der Waals surface area contributed by atoms with Crippen LogP contribution < -0.4 is 25.5 Å². The summed E-state index contributed by atoms with van der Waals surface area (Å²) in [6, 6.07) is 35.9. The average Bonchev–Trinajstić information content (AvgIpc) is 3.48. The van der Waals surface area contributed by atoms with E-state index in [1.54, 1.807) is 0 Å². The summed E-state index contributed by atoms with van der Waals surface area (Å²) in [6.07, 6.45) is 2.39. The standard InChI is InChI=1S/C50H55BN2S/c1-30-25-41-44-42(26-30)53(39-22-19-33(27-31(39)2)48(6,7)8)45-35-15-13-14-16-43(35)54-46(45)51(44)38-28-36-37(50(11,12)24-23-49(36,9)10)29-40(38)52(41)34-20-17-32(18-21-34)47(3,4)5/h13-22,25-29H,23-24H2,1-12H3. The fourth-order valence-corrected chi connectivity index (χ4v) is 11.0. The van der Waals surface area contributed by atoms with Crippen molar-refractivity contribution in [1.82, 2.24) is 0 Å². The van der Waals surface area contributed by atoms with Crippen LogP contribution in [-0.4, -0.2) is 6.71 Å². The molecule has 6 aromatic rings. The van der Waals surface area contributed by atoms with Crippen molar-refractivity contribution in [1.29, 1.82) is 0 Å². The molecule has 3 aliphatic rings. The first-order chi connectivity index (χ1) is 25.3. The molecule has 0 spiro atoms. The van der Waals surface area contributed by atoms with Crippen LogP contribution in [-0.2, 0) is 21.7 Å².